The molecule has 1 aromatic rings. The molecule has 2 rings (SSSR count). The summed E-state index contributed by atoms with van der Waals surface area (Å²) in [5, 5.41) is 4.01. The zero-order chi connectivity index (χ0) is 15.2. The van der Waals surface area contributed by atoms with Crippen LogP contribution in [-0.2, 0) is 11.3 Å². The molecule has 0 spiro atoms. The Kier molecular flexibility index (Phi) is 5.38. The Balaban J connectivity index is 1.78. The van der Waals surface area contributed by atoms with E-state index in [-0.39, 0.29) is 5.91 Å². The summed E-state index contributed by atoms with van der Waals surface area (Å²) in [5.41, 5.74) is 1.15. The van der Waals surface area contributed by atoms with Gasteiger partial charge in [0.25, 0.3) is 0 Å². The number of carbonyl (C=O) groups is 1. The van der Waals surface area contributed by atoms with Crippen LogP contribution in [0.2, 0.25) is 0 Å². The van der Waals surface area contributed by atoms with Crippen LogP contribution in [0.25, 0.3) is 0 Å². The molecule has 1 aromatic carbocycles. The number of carbonyl (C=O) groups excluding carboxylic acids is 1. The number of nitrogens with zero attached hydrogens (tertiary/aromatic N) is 2. The lowest BCUT2D eigenvalue weighted by Crippen LogP contribution is -2.52. The maximum atomic E-state index is 11.3. The quantitative estimate of drug-likeness (QED) is 0.851. The van der Waals surface area contributed by atoms with Gasteiger partial charge in [0, 0.05) is 39.6 Å². The van der Waals surface area contributed by atoms with Crippen molar-refractivity contribution < 1.29 is 9.53 Å². The average molecular weight is 307 g/mol. The van der Waals surface area contributed by atoms with E-state index in [9.17, 15) is 4.79 Å². The minimum Gasteiger partial charge on any atom is -0.497 e. The molecule has 6 heteroatoms. The smallest absolute Gasteiger partial charge is 0.219 e. The molecule has 0 aromatic heterocycles. The van der Waals surface area contributed by atoms with Crippen LogP contribution in [0.15, 0.2) is 24.3 Å². The van der Waals surface area contributed by atoms with Crippen LogP contribution >= 0.6 is 12.2 Å². The number of nitrogens with one attached hydrogen (secondary N) is 1. The van der Waals surface area contributed by atoms with Gasteiger partial charge in [-0.2, -0.15) is 0 Å². The van der Waals surface area contributed by atoms with Crippen molar-refractivity contribution in [3.05, 3.63) is 29.8 Å². The molecular formula is C15H21N3O2S. The maximum Gasteiger partial charge on any atom is 0.219 e. The number of thiocarbonyl (C=S) groups is 1. The Morgan fingerprint density at radius 1 is 1.19 bits per heavy atom. The molecule has 0 unspecified atom stereocenters. The maximum absolute atomic E-state index is 11.3. The minimum atomic E-state index is 0.131. The molecule has 1 fully saturated rings. The van der Waals surface area contributed by atoms with Gasteiger partial charge in [-0.25, -0.2) is 0 Å². The lowest BCUT2D eigenvalue weighted by atomic mass is 10.2. The zero-order valence-electron chi connectivity index (χ0n) is 12.5. The van der Waals surface area contributed by atoms with E-state index in [2.05, 4.69) is 10.2 Å². The first-order chi connectivity index (χ1) is 10.1. The van der Waals surface area contributed by atoms with Crippen molar-refractivity contribution in [3.63, 3.8) is 0 Å². The van der Waals surface area contributed by atoms with Crippen molar-refractivity contribution in [3.8, 4) is 5.75 Å². The SMILES string of the molecule is COc1ccc(CNC(=S)N2CCN(C(C)=O)CC2)cc1. The van der Waals surface area contributed by atoms with Crippen LogP contribution in [0.5, 0.6) is 5.75 Å². The monoisotopic (exact) mass is 307 g/mol. The molecule has 1 N–H and O–H groups in total. The number of hydrogen-bond acceptors (Lipinski definition) is 3. The molecule has 1 aliphatic heterocycles. The van der Waals surface area contributed by atoms with Crippen LogP contribution in [0.1, 0.15) is 12.5 Å². The van der Waals surface area contributed by atoms with Gasteiger partial charge in [-0.3, -0.25) is 4.79 Å². The number of hydrogen-bond donors (Lipinski definition) is 1. The fourth-order valence-corrected chi connectivity index (χ4v) is 2.51. The van der Waals surface area contributed by atoms with Crippen LogP contribution in [0.4, 0.5) is 0 Å². The summed E-state index contributed by atoms with van der Waals surface area (Å²) in [5.74, 6) is 0.980. The van der Waals surface area contributed by atoms with E-state index in [1.54, 1.807) is 14.0 Å². The molecule has 0 saturated carbocycles. The van der Waals surface area contributed by atoms with Gasteiger partial charge < -0.3 is 19.9 Å². The van der Waals surface area contributed by atoms with Crippen molar-refractivity contribution in [2.24, 2.45) is 0 Å². The lowest BCUT2D eigenvalue weighted by Gasteiger charge is -2.35. The van der Waals surface area contributed by atoms with E-state index in [0.717, 1.165) is 42.6 Å². The summed E-state index contributed by atoms with van der Waals surface area (Å²) in [4.78, 5) is 15.2. The second-order valence-electron chi connectivity index (χ2n) is 5.00. The first-order valence-corrected chi connectivity index (χ1v) is 7.42. The molecule has 114 valence electrons. The molecule has 1 aliphatic rings. The highest BCUT2D eigenvalue weighted by Crippen LogP contribution is 2.11. The van der Waals surface area contributed by atoms with Crippen LogP contribution in [0.3, 0.4) is 0 Å². The standard InChI is InChI=1S/C15H21N3O2S/c1-12(19)17-7-9-18(10-8-17)15(21)16-11-13-3-5-14(20-2)6-4-13/h3-6H,7-11H2,1-2H3,(H,16,21). The third-order valence-corrected chi connectivity index (χ3v) is 4.02. The van der Waals surface area contributed by atoms with Gasteiger partial charge in [0.2, 0.25) is 5.91 Å². The van der Waals surface area contributed by atoms with Crippen LogP contribution in [0, 0.1) is 0 Å². The third-order valence-electron chi connectivity index (χ3n) is 3.62. The Bertz CT molecular complexity index is 496. The van der Waals surface area contributed by atoms with Crippen molar-refractivity contribution in [1.29, 1.82) is 0 Å². The summed E-state index contributed by atoms with van der Waals surface area (Å²) in [6.45, 7) is 5.34. The van der Waals surface area contributed by atoms with Gasteiger partial charge in [-0.1, -0.05) is 12.1 Å². The van der Waals surface area contributed by atoms with E-state index in [1.807, 2.05) is 29.2 Å². The second-order valence-corrected chi connectivity index (χ2v) is 5.39. The molecule has 1 saturated heterocycles. The summed E-state index contributed by atoms with van der Waals surface area (Å²) in [7, 11) is 1.66. The van der Waals surface area contributed by atoms with Crippen molar-refractivity contribution in [1.82, 2.24) is 15.1 Å². The largest absolute Gasteiger partial charge is 0.497 e. The number of amides is 1. The number of piperazine rings is 1. The molecule has 1 heterocycles. The third kappa shape index (κ3) is 4.32. The number of methoxy groups -OCH3 is 1. The van der Waals surface area contributed by atoms with Gasteiger partial charge >= 0.3 is 0 Å². The highest BCUT2D eigenvalue weighted by atomic mass is 32.1. The summed E-state index contributed by atoms with van der Waals surface area (Å²) in [6.07, 6.45) is 0. The Morgan fingerprint density at radius 2 is 1.76 bits per heavy atom. The van der Waals surface area contributed by atoms with Gasteiger partial charge in [-0.05, 0) is 29.9 Å². The number of rotatable bonds is 3. The van der Waals surface area contributed by atoms with E-state index >= 15 is 0 Å². The summed E-state index contributed by atoms with van der Waals surface area (Å²) in [6, 6.07) is 7.90. The van der Waals surface area contributed by atoms with Gasteiger partial charge in [-0.15, -0.1) is 0 Å². The van der Waals surface area contributed by atoms with Crippen molar-refractivity contribution in [2.45, 2.75) is 13.5 Å². The highest BCUT2D eigenvalue weighted by Gasteiger charge is 2.19. The van der Waals surface area contributed by atoms with E-state index in [4.69, 9.17) is 17.0 Å². The van der Waals surface area contributed by atoms with E-state index < -0.39 is 0 Å². The van der Waals surface area contributed by atoms with Gasteiger partial charge in [0.15, 0.2) is 5.11 Å². The second kappa shape index (κ2) is 7.26. The normalized spacial score (nSPS) is 14.8. The molecular weight excluding hydrogens is 286 g/mol. The topological polar surface area (TPSA) is 44.8 Å². The van der Waals surface area contributed by atoms with E-state index in [0.29, 0.717) is 6.54 Å². The highest BCUT2D eigenvalue weighted by molar-refractivity contribution is 7.80. The molecule has 0 atom stereocenters. The molecule has 1 amide bonds. The molecule has 5 nitrogen and oxygen atoms in total. The van der Waals surface area contributed by atoms with Crippen molar-refractivity contribution >= 4 is 23.2 Å². The fraction of sp³-hybridized carbons (Fsp3) is 0.467. The molecule has 21 heavy (non-hydrogen) atoms. The number of ether oxygens (including phenoxy) is 1. The Labute approximate surface area is 130 Å². The predicted octanol–water partition coefficient (Wildman–Crippen LogP) is 1.23. The van der Waals surface area contributed by atoms with Gasteiger partial charge in [0.05, 0.1) is 7.11 Å². The number of benzene rings is 1. The summed E-state index contributed by atoms with van der Waals surface area (Å²) >= 11 is 5.41. The zero-order valence-corrected chi connectivity index (χ0v) is 13.3. The molecule has 0 bridgehead atoms. The minimum absolute atomic E-state index is 0.131. The van der Waals surface area contributed by atoms with Crippen LogP contribution < -0.4 is 10.1 Å². The molecule has 0 radical (unpaired) electrons. The van der Waals surface area contributed by atoms with Gasteiger partial charge in [0.1, 0.15) is 5.75 Å². The molecule has 0 aliphatic carbocycles. The Hall–Kier alpha value is -1.82. The van der Waals surface area contributed by atoms with Crippen molar-refractivity contribution in [2.75, 3.05) is 33.3 Å². The predicted molar refractivity (Wildman–Crippen MR) is 86.3 cm³/mol. The summed E-state index contributed by atoms with van der Waals surface area (Å²) < 4.78 is 5.13. The first-order valence-electron chi connectivity index (χ1n) is 7.01. The lowest BCUT2D eigenvalue weighted by molar-refractivity contribution is -0.130. The van der Waals surface area contributed by atoms with Crippen LogP contribution in [-0.4, -0.2) is 54.1 Å². The fourth-order valence-electron chi connectivity index (χ4n) is 2.26. The van der Waals surface area contributed by atoms with E-state index in [1.165, 1.54) is 0 Å². The Morgan fingerprint density at radius 3 is 2.29 bits per heavy atom. The first kappa shape index (κ1) is 15.6. The average Bonchev–Trinajstić information content (AvgIpc) is 2.53.